The Bertz CT molecular complexity index is 842. The minimum Gasteiger partial charge on any atom is -0.467 e. The molecule has 1 aromatic rings. The van der Waals surface area contributed by atoms with Crippen LogP contribution in [0.1, 0.15) is 68.1 Å². The molecular weight excluding hydrogens is 390 g/mol. The van der Waals surface area contributed by atoms with Gasteiger partial charge in [-0.15, -0.1) is 5.92 Å². The Hall–Kier alpha value is -2.03. The first kappa shape index (κ1) is 21.7. The normalized spacial score (nSPS) is 23.7. The van der Waals surface area contributed by atoms with Crippen molar-refractivity contribution in [2.75, 3.05) is 14.2 Å². The highest BCUT2D eigenvalue weighted by Gasteiger charge is 2.44. The molecule has 0 unspecified atom stereocenters. The summed E-state index contributed by atoms with van der Waals surface area (Å²) in [6, 6.07) is 3.86. The molecule has 0 aliphatic heterocycles. The van der Waals surface area contributed by atoms with Gasteiger partial charge < -0.3 is 14.8 Å². The van der Waals surface area contributed by atoms with Crippen LogP contribution in [0, 0.1) is 11.8 Å². The second-order valence-electron chi connectivity index (χ2n) is 7.91. The summed E-state index contributed by atoms with van der Waals surface area (Å²) in [6.45, 7) is 1.79. The first-order valence-corrected chi connectivity index (χ1v) is 10.5. The van der Waals surface area contributed by atoms with E-state index in [9.17, 15) is 9.59 Å². The summed E-state index contributed by atoms with van der Waals surface area (Å²) in [4.78, 5) is 25.5. The van der Waals surface area contributed by atoms with Crippen LogP contribution in [0.2, 0.25) is 5.02 Å². The van der Waals surface area contributed by atoms with Crippen molar-refractivity contribution in [3.05, 3.63) is 33.8 Å². The quantitative estimate of drug-likeness (QED) is 0.565. The van der Waals surface area contributed by atoms with E-state index in [0.717, 1.165) is 29.5 Å². The topological polar surface area (TPSA) is 64.6 Å². The van der Waals surface area contributed by atoms with E-state index >= 15 is 0 Å². The van der Waals surface area contributed by atoms with E-state index in [1.807, 2.05) is 12.1 Å². The van der Waals surface area contributed by atoms with Gasteiger partial charge in [0.15, 0.2) is 0 Å². The summed E-state index contributed by atoms with van der Waals surface area (Å²) in [7, 11) is 3.02. The van der Waals surface area contributed by atoms with Gasteiger partial charge in [-0.1, -0.05) is 17.5 Å². The van der Waals surface area contributed by atoms with E-state index in [-0.39, 0.29) is 18.4 Å². The first-order valence-electron chi connectivity index (χ1n) is 10.1. The molecule has 1 N–H and O–H groups in total. The molecule has 0 aromatic heterocycles. The highest BCUT2D eigenvalue weighted by molar-refractivity contribution is 6.31. The summed E-state index contributed by atoms with van der Waals surface area (Å²) < 4.78 is 10.4. The van der Waals surface area contributed by atoms with Crippen LogP contribution in [0.15, 0.2) is 12.1 Å². The SMILES string of the molecule is CC#Cc1cc(Cl)c(CC(=O)NC2(C(=O)OC)CCC(OC)CC2)c(C2CC2)c1. The van der Waals surface area contributed by atoms with Crippen LogP contribution in [0.5, 0.6) is 0 Å². The lowest BCUT2D eigenvalue weighted by molar-refractivity contribution is -0.153. The lowest BCUT2D eigenvalue weighted by Gasteiger charge is -2.38. The molecule has 2 aliphatic carbocycles. The van der Waals surface area contributed by atoms with Gasteiger partial charge in [0, 0.05) is 17.7 Å². The number of benzene rings is 1. The number of nitrogens with one attached hydrogen (secondary N) is 1. The minimum atomic E-state index is -0.999. The van der Waals surface area contributed by atoms with Crippen LogP contribution >= 0.6 is 11.6 Å². The van der Waals surface area contributed by atoms with Crippen LogP contribution in [0.3, 0.4) is 0 Å². The Balaban J connectivity index is 1.80. The van der Waals surface area contributed by atoms with Crippen LogP contribution in [0.4, 0.5) is 0 Å². The summed E-state index contributed by atoms with van der Waals surface area (Å²) >= 11 is 6.54. The average molecular weight is 418 g/mol. The van der Waals surface area contributed by atoms with Crippen molar-refractivity contribution >= 4 is 23.5 Å². The third kappa shape index (κ3) is 4.94. The van der Waals surface area contributed by atoms with E-state index in [0.29, 0.717) is 36.6 Å². The molecule has 0 bridgehead atoms. The largest absolute Gasteiger partial charge is 0.467 e. The molecule has 2 fully saturated rings. The highest BCUT2D eigenvalue weighted by atomic mass is 35.5. The van der Waals surface area contributed by atoms with Crippen molar-refractivity contribution in [3.63, 3.8) is 0 Å². The van der Waals surface area contributed by atoms with Crippen molar-refractivity contribution in [1.29, 1.82) is 0 Å². The molecule has 5 nitrogen and oxygen atoms in total. The van der Waals surface area contributed by atoms with Gasteiger partial charge in [0.25, 0.3) is 0 Å². The third-order valence-corrected chi connectivity index (χ3v) is 6.27. The van der Waals surface area contributed by atoms with Crippen molar-refractivity contribution < 1.29 is 19.1 Å². The minimum absolute atomic E-state index is 0.104. The van der Waals surface area contributed by atoms with Crippen LogP contribution in [-0.2, 0) is 25.5 Å². The fourth-order valence-electron chi connectivity index (χ4n) is 4.19. The van der Waals surface area contributed by atoms with Gasteiger partial charge in [0.2, 0.25) is 5.91 Å². The molecule has 2 saturated carbocycles. The number of esters is 1. The van der Waals surface area contributed by atoms with Gasteiger partial charge in [-0.2, -0.15) is 0 Å². The summed E-state index contributed by atoms with van der Waals surface area (Å²) in [5.74, 6) is 5.76. The Labute approximate surface area is 177 Å². The zero-order valence-electron chi connectivity index (χ0n) is 17.3. The number of carbonyl (C=O) groups is 2. The molecule has 0 saturated heterocycles. The molecule has 1 amide bonds. The van der Waals surface area contributed by atoms with Crippen LogP contribution in [-0.4, -0.2) is 37.7 Å². The molecule has 0 atom stereocenters. The molecule has 6 heteroatoms. The number of rotatable bonds is 6. The number of halogens is 1. The van der Waals surface area contributed by atoms with Crippen molar-refractivity contribution in [2.24, 2.45) is 0 Å². The maximum Gasteiger partial charge on any atom is 0.331 e. The smallest absolute Gasteiger partial charge is 0.331 e. The molecule has 0 spiro atoms. The predicted molar refractivity (Wildman–Crippen MR) is 112 cm³/mol. The molecule has 0 heterocycles. The van der Waals surface area contributed by atoms with Gasteiger partial charge in [-0.3, -0.25) is 4.79 Å². The van der Waals surface area contributed by atoms with E-state index < -0.39 is 11.5 Å². The number of ether oxygens (including phenoxy) is 2. The van der Waals surface area contributed by atoms with Crippen LogP contribution in [0.25, 0.3) is 0 Å². The molecule has 0 radical (unpaired) electrons. The number of carbonyl (C=O) groups excluding carboxylic acids is 2. The fraction of sp³-hybridized carbons (Fsp3) is 0.565. The Morgan fingerprint density at radius 2 is 1.90 bits per heavy atom. The summed E-state index contributed by atoms with van der Waals surface area (Å²) in [5.41, 5.74) is 1.80. The van der Waals surface area contributed by atoms with Crippen molar-refractivity contribution in [2.45, 2.75) is 69.4 Å². The van der Waals surface area contributed by atoms with Gasteiger partial charge in [-0.05, 0) is 74.6 Å². The lowest BCUT2D eigenvalue weighted by Crippen LogP contribution is -2.57. The maximum atomic E-state index is 13.0. The molecule has 3 rings (SSSR count). The number of amides is 1. The Morgan fingerprint density at radius 1 is 1.21 bits per heavy atom. The second-order valence-corrected chi connectivity index (χ2v) is 8.32. The van der Waals surface area contributed by atoms with Gasteiger partial charge >= 0.3 is 5.97 Å². The highest BCUT2D eigenvalue weighted by Crippen LogP contribution is 2.44. The molecular formula is C23H28ClNO4. The predicted octanol–water partition coefficient (Wildman–Crippen LogP) is 3.75. The first-order chi connectivity index (χ1) is 13.9. The maximum absolute atomic E-state index is 13.0. The molecule has 2 aliphatic rings. The second kappa shape index (κ2) is 9.19. The van der Waals surface area contributed by atoms with Gasteiger partial charge in [0.1, 0.15) is 5.54 Å². The van der Waals surface area contributed by atoms with E-state index in [4.69, 9.17) is 21.1 Å². The number of methoxy groups -OCH3 is 2. The molecule has 29 heavy (non-hydrogen) atoms. The third-order valence-electron chi connectivity index (χ3n) is 5.93. The Morgan fingerprint density at radius 3 is 2.45 bits per heavy atom. The number of hydrogen-bond donors (Lipinski definition) is 1. The molecule has 1 aromatic carbocycles. The van der Waals surface area contributed by atoms with Crippen molar-refractivity contribution in [3.8, 4) is 11.8 Å². The number of hydrogen-bond acceptors (Lipinski definition) is 4. The van der Waals surface area contributed by atoms with E-state index in [1.54, 1.807) is 14.0 Å². The van der Waals surface area contributed by atoms with E-state index in [1.165, 1.54) is 7.11 Å². The van der Waals surface area contributed by atoms with Gasteiger partial charge in [0.05, 0.1) is 19.6 Å². The van der Waals surface area contributed by atoms with E-state index in [2.05, 4.69) is 17.2 Å². The zero-order valence-corrected chi connectivity index (χ0v) is 18.0. The standard InChI is InChI=1S/C23H28ClNO4/c1-4-5-15-12-18(16-6-7-16)19(20(24)13-15)14-21(26)25-23(22(27)29-3)10-8-17(28-2)9-11-23/h12-13,16-17H,6-11,14H2,1-3H3,(H,25,26). The Kier molecular flexibility index (Phi) is 6.87. The average Bonchev–Trinajstić information content (AvgIpc) is 3.55. The summed E-state index contributed by atoms with van der Waals surface area (Å²) in [5, 5.41) is 3.53. The fourth-order valence-corrected chi connectivity index (χ4v) is 4.48. The van der Waals surface area contributed by atoms with Crippen LogP contribution < -0.4 is 5.32 Å². The molecule has 156 valence electrons. The van der Waals surface area contributed by atoms with Crippen molar-refractivity contribution in [1.82, 2.24) is 5.32 Å². The summed E-state index contributed by atoms with van der Waals surface area (Å²) in [6.07, 6.45) is 4.83. The monoisotopic (exact) mass is 417 g/mol. The van der Waals surface area contributed by atoms with Gasteiger partial charge in [-0.25, -0.2) is 4.79 Å². The zero-order chi connectivity index (χ0) is 21.0. The lowest BCUT2D eigenvalue weighted by atomic mass is 9.80.